The average molecular weight is 198 g/mol. The minimum absolute atomic E-state index is 0.0684. The molecule has 0 amide bonds. The van der Waals surface area contributed by atoms with Crippen molar-refractivity contribution in [3.8, 4) is 11.5 Å². The maximum atomic E-state index is 13.5. The van der Waals surface area contributed by atoms with E-state index in [2.05, 4.69) is 0 Å². The number of hydrogen-bond donors (Lipinski definition) is 0. The van der Waals surface area contributed by atoms with Crippen molar-refractivity contribution < 1.29 is 13.9 Å². The molecule has 0 spiro atoms. The van der Waals surface area contributed by atoms with E-state index < -0.39 is 0 Å². The first-order chi connectivity index (χ1) is 6.54. The van der Waals surface area contributed by atoms with Crippen LogP contribution in [0.4, 0.5) is 4.39 Å². The maximum Gasteiger partial charge on any atom is 0.197 e. The van der Waals surface area contributed by atoms with E-state index in [0.717, 1.165) is 5.56 Å². The van der Waals surface area contributed by atoms with Gasteiger partial charge < -0.3 is 9.47 Å². The normalized spacial score (nSPS) is 10.4. The first-order valence-electron chi connectivity index (χ1n) is 4.55. The van der Waals surface area contributed by atoms with Gasteiger partial charge in [0.25, 0.3) is 0 Å². The summed E-state index contributed by atoms with van der Waals surface area (Å²) in [5.41, 5.74) is 0.815. The van der Waals surface area contributed by atoms with Crippen LogP contribution in [0.15, 0.2) is 12.1 Å². The molecule has 0 aliphatic rings. The molecule has 2 nitrogen and oxygen atoms in total. The Morgan fingerprint density at radius 1 is 1.29 bits per heavy atom. The quantitative estimate of drug-likeness (QED) is 0.743. The minimum Gasteiger partial charge on any atom is -0.493 e. The van der Waals surface area contributed by atoms with Crippen LogP contribution in [-0.2, 0) is 0 Å². The van der Waals surface area contributed by atoms with Crippen LogP contribution >= 0.6 is 0 Å². The third kappa shape index (κ3) is 2.37. The Labute approximate surface area is 83.6 Å². The molecule has 1 rings (SSSR count). The number of aryl methyl sites for hydroxylation is 1. The van der Waals surface area contributed by atoms with E-state index in [1.54, 1.807) is 6.07 Å². The summed E-state index contributed by atoms with van der Waals surface area (Å²) in [6.45, 7) is 5.50. The van der Waals surface area contributed by atoms with Crippen molar-refractivity contribution in [3.05, 3.63) is 23.5 Å². The van der Waals surface area contributed by atoms with Crippen molar-refractivity contribution in [1.29, 1.82) is 0 Å². The fourth-order valence-corrected chi connectivity index (χ4v) is 1.20. The van der Waals surface area contributed by atoms with Crippen LogP contribution in [0.3, 0.4) is 0 Å². The lowest BCUT2D eigenvalue weighted by atomic mass is 10.2. The highest BCUT2D eigenvalue weighted by atomic mass is 19.1. The molecule has 0 aliphatic carbocycles. The molecule has 0 saturated heterocycles. The molecular formula is C11H15FO2. The van der Waals surface area contributed by atoms with Gasteiger partial charge in [0.05, 0.1) is 13.2 Å². The maximum absolute atomic E-state index is 13.5. The molecule has 0 aromatic heterocycles. The van der Waals surface area contributed by atoms with E-state index in [1.165, 1.54) is 13.2 Å². The first kappa shape index (κ1) is 10.8. The lowest BCUT2D eigenvalue weighted by Crippen LogP contribution is -2.08. The van der Waals surface area contributed by atoms with Crippen molar-refractivity contribution >= 4 is 0 Å². The van der Waals surface area contributed by atoms with Gasteiger partial charge in [0.1, 0.15) is 0 Å². The Kier molecular flexibility index (Phi) is 3.33. The number of methoxy groups -OCH3 is 1. The molecule has 1 aromatic rings. The van der Waals surface area contributed by atoms with Gasteiger partial charge in [-0.3, -0.25) is 0 Å². The third-order valence-electron chi connectivity index (χ3n) is 1.73. The summed E-state index contributed by atoms with van der Waals surface area (Å²) >= 11 is 0. The average Bonchev–Trinajstić information content (AvgIpc) is 2.08. The molecule has 0 saturated carbocycles. The number of rotatable bonds is 3. The van der Waals surface area contributed by atoms with Gasteiger partial charge in [-0.05, 0) is 38.5 Å². The van der Waals surface area contributed by atoms with Gasteiger partial charge in [0.2, 0.25) is 0 Å². The summed E-state index contributed by atoms with van der Waals surface area (Å²) in [7, 11) is 1.50. The van der Waals surface area contributed by atoms with Crippen molar-refractivity contribution in [2.45, 2.75) is 26.9 Å². The van der Waals surface area contributed by atoms with Gasteiger partial charge in [0, 0.05) is 0 Å². The smallest absolute Gasteiger partial charge is 0.197 e. The van der Waals surface area contributed by atoms with Crippen molar-refractivity contribution in [2.24, 2.45) is 0 Å². The van der Waals surface area contributed by atoms with E-state index in [1.807, 2.05) is 20.8 Å². The van der Waals surface area contributed by atoms with Crippen molar-refractivity contribution in [1.82, 2.24) is 0 Å². The Morgan fingerprint density at radius 3 is 2.43 bits per heavy atom. The Balaban J connectivity index is 3.11. The summed E-state index contributed by atoms with van der Waals surface area (Å²) in [5, 5.41) is 0. The largest absolute Gasteiger partial charge is 0.493 e. The number of benzene rings is 1. The van der Waals surface area contributed by atoms with Crippen LogP contribution < -0.4 is 9.47 Å². The minimum atomic E-state index is -0.379. The van der Waals surface area contributed by atoms with Crippen LogP contribution in [0, 0.1) is 12.7 Å². The Bertz CT molecular complexity index is 321. The molecule has 0 bridgehead atoms. The fourth-order valence-electron chi connectivity index (χ4n) is 1.20. The monoisotopic (exact) mass is 198 g/mol. The highest BCUT2D eigenvalue weighted by molar-refractivity contribution is 5.44. The molecule has 3 heteroatoms. The SMILES string of the molecule is COc1cc(C)cc(F)c1OC(C)C. The molecule has 1 aromatic carbocycles. The van der Waals surface area contributed by atoms with Gasteiger partial charge in [-0.1, -0.05) is 0 Å². The molecule has 0 aliphatic heterocycles. The molecule has 0 atom stereocenters. The standard InChI is InChI=1S/C11H15FO2/c1-7(2)14-11-9(12)5-8(3)6-10(11)13-4/h5-7H,1-4H3. The molecule has 0 unspecified atom stereocenters. The topological polar surface area (TPSA) is 18.5 Å². The lowest BCUT2D eigenvalue weighted by molar-refractivity contribution is 0.218. The Hall–Kier alpha value is -1.25. The van der Waals surface area contributed by atoms with Crippen LogP contribution in [0.5, 0.6) is 11.5 Å². The van der Waals surface area contributed by atoms with Crippen LogP contribution in [0.2, 0.25) is 0 Å². The van der Waals surface area contributed by atoms with Crippen molar-refractivity contribution in [2.75, 3.05) is 7.11 Å². The summed E-state index contributed by atoms with van der Waals surface area (Å²) in [6, 6.07) is 3.18. The summed E-state index contributed by atoms with van der Waals surface area (Å²) in [6.07, 6.45) is -0.0684. The summed E-state index contributed by atoms with van der Waals surface area (Å²) < 4.78 is 23.8. The lowest BCUT2D eigenvalue weighted by Gasteiger charge is -2.14. The second-order valence-corrected chi connectivity index (χ2v) is 3.44. The Morgan fingerprint density at radius 2 is 1.93 bits per heavy atom. The highest BCUT2D eigenvalue weighted by Crippen LogP contribution is 2.32. The van der Waals surface area contributed by atoms with Gasteiger partial charge in [-0.25, -0.2) is 4.39 Å². The van der Waals surface area contributed by atoms with E-state index >= 15 is 0 Å². The third-order valence-corrected chi connectivity index (χ3v) is 1.73. The van der Waals surface area contributed by atoms with Crippen LogP contribution in [0.1, 0.15) is 19.4 Å². The van der Waals surface area contributed by atoms with E-state index in [0.29, 0.717) is 5.75 Å². The fraction of sp³-hybridized carbons (Fsp3) is 0.455. The molecule has 0 radical (unpaired) electrons. The second kappa shape index (κ2) is 4.31. The van der Waals surface area contributed by atoms with Gasteiger partial charge >= 0.3 is 0 Å². The molecule has 0 N–H and O–H groups in total. The number of ether oxygens (including phenoxy) is 2. The zero-order valence-corrected chi connectivity index (χ0v) is 8.93. The second-order valence-electron chi connectivity index (χ2n) is 3.44. The summed E-state index contributed by atoms with van der Waals surface area (Å²) in [4.78, 5) is 0. The van der Waals surface area contributed by atoms with Crippen LogP contribution in [0.25, 0.3) is 0 Å². The van der Waals surface area contributed by atoms with E-state index in [-0.39, 0.29) is 17.7 Å². The predicted octanol–water partition coefficient (Wildman–Crippen LogP) is 2.93. The summed E-state index contributed by atoms with van der Waals surface area (Å²) in [5.74, 6) is 0.250. The molecule has 0 fully saturated rings. The van der Waals surface area contributed by atoms with Gasteiger partial charge in [-0.15, -0.1) is 0 Å². The molecular weight excluding hydrogens is 183 g/mol. The van der Waals surface area contributed by atoms with E-state index in [9.17, 15) is 4.39 Å². The molecule has 14 heavy (non-hydrogen) atoms. The van der Waals surface area contributed by atoms with Gasteiger partial charge in [0.15, 0.2) is 17.3 Å². The van der Waals surface area contributed by atoms with Gasteiger partial charge in [-0.2, -0.15) is 0 Å². The molecule has 0 heterocycles. The molecule has 78 valence electrons. The number of hydrogen-bond acceptors (Lipinski definition) is 2. The number of halogens is 1. The highest BCUT2D eigenvalue weighted by Gasteiger charge is 2.13. The first-order valence-corrected chi connectivity index (χ1v) is 4.55. The zero-order valence-electron chi connectivity index (χ0n) is 8.93. The predicted molar refractivity (Wildman–Crippen MR) is 53.5 cm³/mol. The van der Waals surface area contributed by atoms with E-state index in [4.69, 9.17) is 9.47 Å². The zero-order chi connectivity index (χ0) is 10.7. The van der Waals surface area contributed by atoms with Crippen molar-refractivity contribution in [3.63, 3.8) is 0 Å². The van der Waals surface area contributed by atoms with Crippen LogP contribution in [-0.4, -0.2) is 13.2 Å².